The van der Waals surface area contributed by atoms with Crippen LogP contribution in [-0.2, 0) is 4.79 Å². The first-order valence-corrected chi connectivity index (χ1v) is 7.44. The third-order valence-corrected chi connectivity index (χ3v) is 4.37. The molecule has 3 atom stereocenters. The first-order chi connectivity index (χ1) is 8.71. The number of carbonyl (C=O) groups is 1. The van der Waals surface area contributed by atoms with Crippen molar-refractivity contribution in [3.63, 3.8) is 0 Å². The number of hydrogen-bond acceptors (Lipinski definition) is 3. The average Bonchev–Trinajstić information content (AvgIpc) is 2.31. The van der Waals surface area contributed by atoms with Crippen molar-refractivity contribution in [1.29, 1.82) is 0 Å². The lowest BCUT2D eigenvalue weighted by atomic mass is 9.73. The Hall–Kier alpha value is -0.610. The summed E-state index contributed by atoms with van der Waals surface area (Å²) >= 11 is 0. The fraction of sp³-hybridized carbons (Fsp3) is 0.933. The predicted octanol–water partition coefficient (Wildman–Crippen LogP) is 1.93. The smallest absolute Gasteiger partial charge is 0.228 e. The van der Waals surface area contributed by atoms with E-state index in [9.17, 15) is 15.0 Å². The van der Waals surface area contributed by atoms with E-state index in [0.29, 0.717) is 12.8 Å². The van der Waals surface area contributed by atoms with E-state index in [-0.39, 0.29) is 18.0 Å². The lowest BCUT2D eigenvalue weighted by Crippen LogP contribution is -2.57. The molecular formula is C15H29NO3. The first kappa shape index (κ1) is 16.4. The molecule has 2 N–H and O–H groups in total. The van der Waals surface area contributed by atoms with Crippen LogP contribution in [0.15, 0.2) is 0 Å². The van der Waals surface area contributed by atoms with Crippen LogP contribution >= 0.6 is 0 Å². The lowest BCUT2D eigenvalue weighted by molar-refractivity contribution is -0.166. The number of aliphatic hydroxyl groups excluding tert-OH is 1. The zero-order chi connectivity index (χ0) is 14.8. The second kappa shape index (κ2) is 6.23. The van der Waals surface area contributed by atoms with E-state index in [1.165, 1.54) is 0 Å². The Morgan fingerprint density at radius 1 is 1.16 bits per heavy atom. The molecule has 4 heteroatoms. The molecule has 0 aromatic carbocycles. The van der Waals surface area contributed by atoms with E-state index >= 15 is 0 Å². The summed E-state index contributed by atoms with van der Waals surface area (Å²) in [5, 5.41) is 20.8. The van der Waals surface area contributed by atoms with Gasteiger partial charge in [0, 0.05) is 12.1 Å². The molecule has 0 heterocycles. The monoisotopic (exact) mass is 271 g/mol. The molecule has 0 aliphatic heterocycles. The highest BCUT2D eigenvalue weighted by Crippen LogP contribution is 2.36. The number of hydrogen-bond donors (Lipinski definition) is 2. The Balaban J connectivity index is 2.91. The van der Waals surface area contributed by atoms with Crippen molar-refractivity contribution in [2.24, 2.45) is 5.92 Å². The normalized spacial score (nSPS) is 29.6. The molecule has 0 saturated heterocycles. The molecule has 0 aromatic heterocycles. The predicted molar refractivity (Wildman–Crippen MR) is 75.7 cm³/mol. The van der Waals surface area contributed by atoms with E-state index in [2.05, 4.69) is 0 Å². The van der Waals surface area contributed by atoms with E-state index in [1.54, 1.807) is 11.8 Å². The molecular weight excluding hydrogens is 242 g/mol. The van der Waals surface area contributed by atoms with Gasteiger partial charge in [0.2, 0.25) is 5.91 Å². The van der Waals surface area contributed by atoms with Crippen LogP contribution < -0.4 is 0 Å². The highest BCUT2D eigenvalue weighted by atomic mass is 16.3. The van der Waals surface area contributed by atoms with Crippen LogP contribution in [0.2, 0.25) is 0 Å². The van der Waals surface area contributed by atoms with Crippen LogP contribution in [0.5, 0.6) is 0 Å². The van der Waals surface area contributed by atoms with E-state index < -0.39 is 17.6 Å². The highest BCUT2D eigenvalue weighted by molar-refractivity contribution is 5.80. The second-order valence-corrected chi connectivity index (χ2v) is 6.41. The third-order valence-electron chi connectivity index (χ3n) is 4.37. The Morgan fingerprint density at radius 2 is 1.68 bits per heavy atom. The van der Waals surface area contributed by atoms with Crippen LogP contribution in [-0.4, -0.2) is 44.8 Å². The van der Waals surface area contributed by atoms with Crippen LogP contribution in [0.4, 0.5) is 0 Å². The van der Waals surface area contributed by atoms with Gasteiger partial charge in [-0.25, -0.2) is 0 Å². The summed E-state index contributed by atoms with van der Waals surface area (Å²) in [5.41, 5.74) is -1.27. The molecule has 1 amide bonds. The molecule has 19 heavy (non-hydrogen) atoms. The molecule has 1 saturated carbocycles. The van der Waals surface area contributed by atoms with Crippen molar-refractivity contribution in [3.05, 3.63) is 0 Å². The molecule has 112 valence electrons. The summed E-state index contributed by atoms with van der Waals surface area (Å²) in [6.45, 7) is 9.66. The molecule has 0 radical (unpaired) electrons. The van der Waals surface area contributed by atoms with Crippen LogP contribution in [0.1, 0.15) is 60.3 Å². The topological polar surface area (TPSA) is 60.8 Å². The molecule has 0 bridgehead atoms. The summed E-state index contributed by atoms with van der Waals surface area (Å²) in [6.07, 6.45) is 2.08. The largest absolute Gasteiger partial charge is 0.390 e. The van der Waals surface area contributed by atoms with Crippen molar-refractivity contribution in [2.75, 3.05) is 0 Å². The average molecular weight is 271 g/mol. The van der Waals surface area contributed by atoms with Gasteiger partial charge in [0.1, 0.15) is 5.60 Å². The van der Waals surface area contributed by atoms with Crippen molar-refractivity contribution < 1.29 is 15.0 Å². The molecule has 0 unspecified atom stereocenters. The summed E-state index contributed by atoms with van der Waals surface area (Å²) in [4.78, 5) is 14.4. The Labute approximate surface area is 116 Å². The maximum Gasteiger partial charge on any atom is 0.228 e. The van der Waals surface area contributed by atoms with Crippen LogP contribution in [0, 0.1) is 5.92 Å². The van der Waals surface area contributed by atoms with Crippen LogP contribution in [0.3, 0.4) is 0 Å². The quantitative estimate of drug-likeness (QED) is 0.821. The summed E-state index contributed by atoms with van der Waals surface area (Å²) < 4.78 is 0. The Bertz CT molecular complexity index is 309. The second-order valence-electron chi connectivity index (χ2n) is 6.41. The van der Waals surface area contributed by atoms with E-state index in [4.69, 9.17) is 0 Å². The van der Waals surface area contributed by atoms with E-state index in [0.717, 1.165) is 12.8 Å². The van der Waals surface area contributed by atoms with Gasteiger partial charge >= 0.3 is 0 Å². The zero-order valence-electron chi connectivity index (χ0n) is 12.9. The third kappa shape index (κ3) is 3.29. The van der Waals surface area contributed by atoms with Crippen molar-refractivity contribution >= 4 is 5.91 Å². The summed E-state index contributed by atoms with van der Waals surface area (Å²) in [7, 11) is 0. The molecule has 0 aromatic rings. The summed E-state index contributed by atoms with van der Waals surface area (Å²) in [5.74, 6) is -0.624. The van der Waals surface area contributed by atoms with Crippen molar-refractivity contribution in [3.8, 4) is 0 Å². The van der Waals surface area contributed by atoms with Gasteiger partial charge in [-0.1, -0.05) is 19.8 Å². The van der Waals surface area contributed by atoms with Gasteiger partial charge in [0.25, 0.3) is 0 Å². The molecule has 1 aliphatic carbocycles. The number of amides is 1. The van der Waals surface area contributed by atoms with Crippen LogP contribution in [0.25, 0.3) is 0 Å². The number of carbonyl (C=O) groups excluding carboxylic acids is 1. The van der Waals surface area contributed by atoms with Crippen molar-refractivity contribution in [2.45, 2.75) is 84.1 Å². The maximum absolute atomic E-state index is 12.6. The lowest BCUT2D eigenvalue weighted by Gasteiger charge is -2.43. The number of aliphatic hydroxyl groups is 2. The molecule has 0 spiro atoms. The van der Waals surface area contributed by atoms with Gasteiger partial charge in [0.05, 0.1) is 12.0 Å². The molecule has 1 fully saturated rings. The maximum atomic E-state index is 12.6. The van der Waals surface area contributed by atoms with Crippen molar-refractivity contribution in [1.82, 2.24) is 4.90 Å². The van der Waals surface area contributed by atoms with Gasteiger partial charge in [-0.3, -0.25) is 4.79 Å². The highest BCUT2D eigenvalue weighted by Gasteiger charge is 2.47. The minimum atomic E-state index is -1.27. The fourth-order valence-electron chi connectivity index (χ4n) is 3.21. The molecule has 1 rings (SSSR count). The summed E-state index contributed by atoms with van der Waals surface area (Å²) in [6, 6.07) is 0.193. The van der Waals surface area contributed by atoms with Gasteiger partial charge in [-0.15, -0.1) is 0 Å². The Kier molecular flexibility index (Phi) is 5.39. The molecule has 4 nitrogen and oxygen atoms in total. The van der Waals surface area contributed by atoms with Gasteiger partial charge in [-0.2, -0.15) is 0 Å². The standard InChI is InChI=1S/C15H29NO3/c1-10(2)16(11(3)4)14(18)12(5)15(19)9-7-6-8-13(15)17/h10-13,17,19H,6-9H2,1-5H3/t12-,13-,15-/m0/s1. The van der Waals surface area contributed by atoms with Gasteiger partial charge in [-0.05, 0) is 40.5 Å². The van der Waals surface area contributed by atoms with Gasteiger partial charge in [0.15, 0.2) is 0 Å². The molecule has 1 aliphatic rings. The minimum Gasteiger partial charge on any atom is -0.390 e. The zero-order valence-corrected chi connectivity index (χ0v) is 12.9. The fourth-order valence-corrected chi connectivity index (χ4v) is 3.21. The van der Waals surface area contributed by atoms with Gasteiger partial charge < -0.3 is 15.1 Å². The SMILES string of the molecule is CC(C)N(C(=O)[C@H](C)[C@@]1(O)CCCC[C@@H]1O)C(C)C. The van der Waals surface area contributed by atoms with E-state index in [1.807, 2.05) is 27.7 Å². The minimum absolute atomic E-state index is 0.0616. The first-order valence-electron chi connectivity index (χ1n) is 7.44. The Morgan fingerprint density at radius 3 is 2.11 bits per heavy atom. The number of rotatable bonds is 4. The number of nitrogens with zero attached hydrogens (tertiary/aromatic N) is 1.